The van der Waals surface area contributed by atoms with Crippen LogP contribution in [-0.2, 0) is 16.1 Å². The molecule has 0 aliphatic carbocycles. The topological polar surface area (TPSA) is 58.8 Å². The standard InChI is InChI=1S/C19H22ClN3O3/c20-15-5-3-14(4-6-15)18-21-16(13-26-18)12-22-7-9-23(10-8-22)19(24)17-2-1-11-25-17/h3-6,13,17H,1-2,7-12H2. The molecule has 2 aromatic rings. The third-order valence-electron chi connectivity index (χ3n) is 4.92. The number of oxazole rings is 1. The van der Waals surface area contributed by atoms with Gasteiger partial charge in [-0.1, -0.05) is 11.6 Å². The molecule has 1 aromatic carbocycles. The highest BCUT2D eigenvalue weighted by molar-refractivity contribution is 6.30. The lowest BCUT2D eigenvalue weighted by molar-refractivity contribution is -0.142. The summed E-state index contributed by atoms with van der Waals surface area (Å²) in [6.07, 6.45) is 3.32. The quantitative estimate of drug-likeness (QED) is 0.822. The van der Waals surface area contributed by atoms with E-state index in [1.54, 1.807) is 6.26 Å². The Hall–Kier alpha value is -1.89. The first-order valence-corrected chi connectivity index (χ1v) is 9.40. The van der Waals surface area contributed by atoms with Gasteiger partial charge in [-0.05, 0) is 37.1 Å². The van der Waals surface area contributed by atoms with Crippen LogP contribution in [0.5, 0.6) is 0 Å². The molecule has 0 N–H and O–H groups in total. The molecule has 0 bridgehead atoms. The number of rotatable bonds is 4. The van der Waals surface area contributed by atoms with Gasteiger partial charge >= 0.3 is 0 Å². The van der Waals surface area contributed by atoms with Crippen LogP contribution in [0.25, 0.3) is 11.5 Å². The SMILES string of the molecule is O=C(C1CCCO1)N1CCN(Cc2coc(-c3ccc(Cl)cc3)n2)CC1. The largest absolute Gasteiger partial charge is 0.444 e. The van der Waals surface area contributed by atoms with Crippen molar-refractivity contribution in [3.8, 4) is 11.5 Å². The van der Waals surface area contributed by atoms with E-state index in [2.05, 4.69) is 9.88 Å². The van der Waals surface area contributed by atoms with Crippen LogP contribution in [0.4, 0.5) is 0 Å². The van der Waals surface area contributed by atoms with Gasteiger partial charge in [-0.2, -0.15) is 0 Å². The maximum Gasteiger partial charge on any atom is 0.251 e. The normalized spacial score (nSPS) is 21.3. The molecule has 2 aliphatic rings. The van der Waals surface area contributed by atoms with E-state index in [1.165, 1.54) is 0 Å². The van der Waals surface area contributed by atoms with Crippen molar-refractivity contribution in [1.82, 2.24) is 14.8 Å². The third-order valence-corrected chi connectivity index (χ3v) is 5.17. The Morgan fingerprint density at radius 2 is 1.96 bits per heavy atom. The zero-order valence-electron chi connectivity index (χ0n) is 14.6. The van der Waals surface area contributed by atoms with E-state index in [1.807, 2.05) is 29.2 Å². The van der Waals surface area contributed by atoms with E-state index >= 15 is 0 Å². The van der Waals surface area contributed by atoms with Crippen molar-refractivity contribution >= 4 is 17.5 Å². The summed E-state index contributed by atoms with van der Waals surface area (Å²) in [7, 11) is 0. The van der Waals surface area contributed by atoms with Gasteiger partial charge in [0.25, 0.3) is 5.91 Å². The fraction of sp³-hybridized carbons (Fsp3) is 0.474. The number of carbonyl (C=O) groups is 1. The van der Waals surface area contributed by atoms with Crippen molar-refractivity contribution in [2.24, 2.45) is 0 Å². The van der Waals surface area contributed by atoms with Crippen LogP contribution >= 0.6 is 11.6 Å². The van der Waals surface area contributed by atoms with E-state index in [0.29, 0.717) is 17.5 Å². The van der Waals surface area contributed by atoms with Gasteiger partial charge in [0.05, 0.1) is 5.69 Å². The van der Waals surface area contributed by atoms with Gasteiger partial charge < -0.3 is 14.1 Å². The number of amides is 1. The monoisotopic (exact) mass is 375 g/mol. The lowest BCUT2D eigenvalue weighted by atomic mass is 10.2. The van der Waals surface area contributed by atoms with Crippen molar-refractivity contribution in [1.29, 1.82) is 0 Å². The lowest BCUT2D eigenvalue weighted by Crippen LogP contribution is -2.51. The van der Waals surface area contributed by atoms with E-state index in [-0.39, 0.29) is 12.0 Å². The van der Waals surface area contributed by atoms with Gasteiger partial charge in [-0.25, -0.2) is 4.98 Å². The molecular weight excluding hydrogens is 354 g/mol. The summed E-state index contributed by atoms with van der Waals surface area (Å²) in [4.78, 5) is 21.2. The lowest BCUT2D eigenvalue weighted by Gasteiger charge is -2.35. The highest BCUT2D eigenvalue weighted by atomic mass is 35.5. The number of hydrogen-bond acceptors (Lipinski definition) is 5. The zero-order chi connectivity index (χ0) is 17.9. The molecule has 4 rings (SSSR count). The van der Waals surface area contributed by atoms with E-state index in [9.17, 15) is 4.79 Å². The minimum absolute atomic E-state index is 0.147. The van der Waals surface area contributed by atoms with Gasteiger partial charge in [-0.15, -0.1) is 0 Å². The van der Waals surface area contributed by atoms with Crippen LogP contribution in [0.15, 0.2) is 34.9 Å². The molecule has 3 heterocycles. The van der Waals surface area contributed by atoms with Crippen LogP contribution in [0.3, 0.4) is 0 Å². The summed E-state index contributed by atoms with van der Waals surface area (Å²) < 4.78 is 11.1. The second kappa shape index (κ2) is 7.78. The zero-order valence-corrected chi connectivity index (χ0v) is 15.3. The van der Waals surface area contributed by atoms with E-state index in [0.717, 1.165) is 56.8 Å². The van der Waals surface area contributed by atoms with E-state index in [4.69, 9.17) is 20.8 Å². The fourth-order valence-corrected chi connectivity index (χ4v) is 3.56. The third kappa shape index (κ3) is 3.92. The minimum Gasteiger partial charge on any atom is -0.444 e. The minimum atomic E-state index is -0.223. The van der Waals surface area contributed by atoms with Gasteiger partial charge in [0, 0.05) is 49.9 Å². The maximum atomic E-state index is 12.4. The molecule has 2 aliphatic heterocycles. The number of ether oxygens (including phenoxy) is 1. The van der Waals surface area contributed by atoms with Crippen LogP contribution in [-0.4, -0.2) is 59.6 Å². The molecule has 6 nitrogen and oxygen atoms in total. The first-order valence-electron chi connectivity index (χ1n) is 9.02. The van der Waals surface area contributed by atoms with Gasteiger partial charge in [0.2, 0.25) is 5.89 Å². The van der Waals surface area contributed by atoms with Gasteiger partial charge in [0.1, 0.15) is 12.4 Å². The Kier molecular flexibility index (Phi) is 5.24. The maximum absolute atomic E-state index is 12.4. The number of halogens is 1. The first kappa shape index (κ1) is 17.5. The highest BCUT2D eigenvalue weighted by Gasteiger charge is 2.30. The fourth-order valence-electron chi connectivity index (χ4n) is 3.44. The summed E-state index contributed by atoms with van der Waals surface area (Å²) >= 11 is 5.92. The highest BCUT2D eigenvalue weighted by Crippen LogP contribution is 2.22. The molecule has 1 amide bonds. The second-order valence-electron chi connectivity index (χ2n) is 6.75. The Bertz CT molecular complexity index is 748. The number of hydrogen-bond donors (Lipinski definition) is 0. The smallest absolute Gasteiger partial charge is 0.251 e. The summed E-state index contributed by atoms with van der Waals surface area (Å²) in [6, 6.07) is 7.44. The number of nitrogens with zero attached hydrogens (tertiary/aromatic N) is 3. The molecule has 1 atom stereocenters. The molecule has 1 unspecified atom stereocenters. The molecule has 2 saturated heterocycles. The molecule has 2 fully saturated rings. The van der Waals surface area contributed by atoms with Gasteiger partial charge in [0.15, 0.2) is 0 Å². The summed E-state index contributed by atoms with van der Waals surface area (Å²) in [5.41, 5.74) is 1.81. The molecular formula is C19H22ClN3O3. The molecule has 138 valence electrons. The number of carbonyl (C=O) groups excluding carboxylic acids is 1. The Labute approximate surface area is 157 Å². The van der Waals surface area contributed by atoms with Crippen LogP contribution in [0, 0.1) is 0 Å². The molecule has 0 saturated carbocycles. The van der Waals surface area contributed by atoms with Gasteiger partial charge in [-0.3, -0.25) is 9.69 Å². The Morgan fingerprint density at radius 1 is 1.19 bits per heavy atom. The van der Waals surface area contributed by atoms with Crippen LogP contribution in [0.1, 0.15) is 18.5 Å². The van der Waals surface area contributed by atoms with Crippen molar-refractivity contribution in [3.63, 3.8) is 0 Å². The van der Waals surface area contributed by atoms with Crippen molar-refractivity contribution < 1.29 is 13.9 Å². The number of benzene rings is 1. The Balaban J connectivity index is 1.30. The van der Waals surface area contributed by atoms with Crippen LogP contribution in [0.2, 0.25) is 5.02 Å². The average molecular weight is 376 g/mol. The first-order chi connectivity index (χ1) is 12.7. The van der Waals surface area contributed by atoms with Crippen molar-refractivity contribution in [2.45, 2.75) is 25.5 Å². The number of aromatic nitrogens is 1. The number of piperazine rings is 1. The van der Waals surface area contributed by atoms with Crippen molar-refractivity contribution in [3.05, 3.63) is 41.2 Å². The molecule has 7 heteroatoms. The Morgan fingerprint density at radius 3 is 2.65 bits per heavy atom. The second-order valence-corrected chi connectivity index (χ2v) is 7.19. The predicted molar refractivity (Wildman–Crippen MR) is 97.8 cm³/mol. The van der Waals surface area contributed by atoms with E-state index < -0.39 is 0 Å². The molecule has 1 aromatic heterocycles. The molecule has 0 spiro atoms. The summed E-state index contributed by atoms with van der Waals surface area (Å²) in [5, 5.41) is 0.691. The van der Waals surface area contributed by atoms with Crippen molar-refractivity contribution in [2.75, 3.05) is 32.8 Å². The predicted octanol–water partition coefficient (Wildman–Crippen LogP) is 2.82. The molecule has 26 heavy (non-hydrogen) atoms. The summed E-state index contributed by atoms with van der Waals surface area (Å²) in [6.45, 7) is 4.57. The average Bonchev–Trinajstić information content (AvgIpc) is 3.35. The summed E-state index contributed by atoms with van der Waals surface area (Å²) in [5.74, 6) is 0.748. The molecule has 0 radical (unpaired) electrons. The van der Waals surface area contributed by atoms with Crippen LogP contribution < -0.4 is 0 Å².